The van der Waals surface area contributed by atoms with Gasteiger partial charge in [-0.1, -0.05) is 17.7 Å². The molecule has 0 spiro atoms. The summed E-state index contributed by atoms with van der Waals surface area (Å²) >= 11 is 7.53. The Hall–Kier alpha value is -1.69. The van der Waals surface area contributed by atoms with Crippen molar-refractivity contribution in [2.45, 2.75) is 18.9 Å². The minimum atomic E-state index is -0.442. The molecule has 1 aliphatic rings. The first-order valence-electron chi connectivity index (χ1n) is 7.03. The van der Waals surface area contributed by atoms with Crippen LogP contribution in [0.3, 0.4) is 0 Å². The second kappa shape index (κ2) is 6.60. The molecule has 0 saturated carbocycles. The summed E-state index contributed by atoms with van der Waals surface area (Å²) in [6, 6.07) is 10.4. The molecule has 0 unspecified atom stereocenters. The number of nitrogens with one attached hydrogen (secondary N) is 1. The fraction of sp³-hybridized carbons (Fsp3) is 0.250. The summed E-state index contributed by atoms with van der Waals surface area (Å²) in [6.45, 7) is 0.679. The fourth-order valence-corrected chi connectivity index (χ4v) is 3.31. The molecule has 4 nitrogen and oxygen atoms in total. The number of carbonyl (C=O) groups is 2. The van der Waals surface area contributed by atoms with Crippen LogP contribution in [0.1, 0.15) is 11.3 Å². The van der Waals surface area contributed by atoms with Gasteiger partial charge < -0.3 is 5.32 Å². The molecule has 0 bridgehead atoms. The summed E-state index contributed by atoms with van der Waals surface area (Å²) in [4.78, 5) is 27.0. The van der Waals surface area contributed by atoms with E-state index >= 15 is 0 Å². The molecule has 0 aliphatic carbocycles. The number of halogens is 1. The standard InChI is InChI=1S/C16H15ClN2O2S/c17-11-3-5-12(6-4-11)19-15(20)10-14(16(19)21)18-8-7-13-2-1-9-22-13/h1-6,9,14,18H,7-8,10H2/t14-/m1/s1. The largest absolute Gasteiger partial charge is 0.305 e. The second-order valence-electron chi connectivity index (χ2n) is 5.08. The molecule has 22 heavy (non-hydrogen) atoms. The Morgan fingerprint density at radius 1 is 1.23 bits per heavy atom. The Morgan fingerprint density at radius 3 is 2.68 bits per heavy atom. The van der Waals surface area contributed by atoms with E-state index in [2.05, 4.69) is 11.4 Å². The average molecular weight is 335 g/mol. The molecule has 3 rings (SSSR count). The maximum atomic E-state index is 12.4. The number of benzene rings is 1. The van der Waals surface area contributed by atoms with E-state index in [0.29, 0.717) is 17.3 Å². The Bertz CT molecular complexity index is 670. The van der Waals surface area contributed by atoms with Gasteiger partial charge in [-0.3, -0.25) is 9.59 Å². The van der Waals surface area contributed by atoms with Crippen molar-refractivity contribution in [3.63, 3.8) is 0 Å². The van der Waals surface area contributed by atoms with Crippen LogP contribution < -0.4 is 10.2 Å². The Labute approximate surface area is 137 Å². The second-order valence-corrected chi connectivity index (χ2v) is 6.55. The van der Waals surface area contributed by atoms with Crippen molar-refractivity contribution in [2.24, 2.45) is 0 Å². The lowest BCUT2D eigenvalue weighted by molar-refractivity contribution is -0.121. The third-order valence-corrected chi connectivity index (χ3v) is 4.76. The number of nitrogens with zero attached hydrogens (tertiary/aromatic N) is 1. The van der Waals surface area contributed by atoms with Crippen LogP contribution in [0.5, 0.6) is 0 Å². The molecular formula is C16H15ClN2O2S. The van der Waals surface area contributed by atoms with Gasteiger partial charge in [0.25, 0.3) is 5.91 Å². The number of hydrogen-bond acceptors (Lipinski definition) is 4. The number of hydrogen-bond donors (Lipinski definition) is 1. The van der Waals surface area contributed by atoms with Gasteiger partial charge in [0, 0.05) is 16.4 Å². The highest BCUT2D eigenvalue weighted by molar-refractivity contribution is 7.09. The molecule has 6 heteroatoms. The Kier molecular flexibility index (Phi) is 4.57. The third kappa shape index (κ3) is 3.21. The molecule has 1 saturated heterocycles. The molecule has 114 valence electrons. The zero-order valence-electron chi connectivity index (χ0n) is 11.8. The molecule has 1 aliphatic heterocycles. The van der Waals surface area contributed by atoms with Gasteiger partial charge >= 0.3 is 0 Å². The van der Waals surface area contributed by atoms with E-state index < -0.39 is 6.04 Å². The van der Waals surface area contributed by atoms with Crippen molar-refractivity contribution in [2.75, 3.05) is 11.4 Å². The third-order valence-electron chi connectivity index (χ3n) is 3.57. The van der Waals surface area contributed by atoms with Crippen molar-refractivity contribution in [1.29, 1.82) is 0 Å². The lowest BCUT2D eigenvalue weighted by Crippen LogP contribution is -2.39. The molecule has 1 atom stereocenters. The number of amides is 2. The Morgan fingerprint density at radius 2 is 2.00 bits per heavy atom. The molecule has 2 aromatic rings. The van der Waals surface area contributed by atoms with Crippen LogP contribution in [0.15, 0.2) is 41.8 Å². The lowest BCUT2D eigenvalue weighted by Gasteiger charge is -2.15. The predicted molar refractivity (Wildman–Crippen MR) is 88.4 cm³/mol. The van der Waals surface area contributed by atoms with Crippen LogP contribution in [-0.2, 0) is 16.0 Å². The van der Waals surface area contributed by atoms with E-state index in [1.54, 1.807) is 35.6 Å². The van der Waals surface area contributed by atoms with E-state index in [0.717, 1.165) is 6.42 Å². The topological polar surface area (TPSA) is 49.4 Å². The van der Waals surface area contributed by atoms with Gasteiger partial charge in [-0.25, -0.2) is 4.90 Å². The summed E-state index contributed by atoms with van der Waals surface area (Å²) in [7, 11) is 0. The average Bonchev–Trinajstić information content (AvgIpc) is 3.10. The smallest absolute Gasteiger partial charge is 0.251 e. The Balaban J connectivity index is 1.62. The predicted octanol–water partition coefficient (Wildman–Crippen LogP) is 2.87. The summed E-state index contributed by atoms with van der Waals surface area (Å²) in [5.74, 6) is -0.376. The summed E-state index contributed by atoms with van der Waals surface area (Å²) < 4.78 is 0. The van der Waals surface area contributed by atoms with Crippen molar-refractivity contribution in [1.82, 2.24) is 5.32 Å². The van der Waals surface area contributed by atoms with E-state index in [9.17, 15) is 9.59 Å². The van der Waals surface area contributed by atoms with Crippen LogP contribution in [0.25, 0.3) is 0 Å². The molecule has 2 heterocycles. The first-order valence-corrected chi connectivity index (χ1v) is 8.29. The first kappa shape index (κ1) is 15.2. The number of anilines is 1. The van der Waals surface area contributed by atoms with Crippen LogP contribution in [0.2, 0.25) is 5.02 Å². The van der Waals surface area contributed by atoms with Gasteiger partial charge in [-0.2, -0.15) is 0 Å². The first-order chi connectivity index (χ1) is 10.6. The number of carbonyl (C=O) groups excluding carboxylic acids is 2. The maximum Gasteiger partial charge on any atom is 0.251 e. The van der Waals surface area contributed by atoms with Gasteiger partial charge in [-0.15, -0.1) is 11.3 Å². The van der Waals surface area contributed by atoms with Crippen molar-refractivity contribution in [3.05, 3.63) is 51.7 Å². The van der Waals surface area contributed by atoms with Crippen molar-refractivity contribution in [3.8, 4) is 0 Å². The highest BCUT2D eigenvalue weighted by Crippen LogP contribution is 2.24. The van der Waals surface area contributed by atoms with Gasteiger partial charge in [0.1, 0.15) is 0 Å². The SMILES string of the molecule is O=C1C[C@@H](NCCc2cccs2)C(=O)N1c1ccc(Cl)cc1. The van der Waals surface area contributed by atoms with Crippen molar-refractivity contribution < 1.29 is 9.59 Å². The molecule has 2 amide bonds. The molecule has 1 fully saturated rings. The quantitative estimate of drug-likeness (QED) is 0.855. The van der Waals surface area contributed by atoms with E-state index in [4.69, 9.17) is 11.6 Å². The van der Waals surface area contributed by atoms with Gasteiger partial charge in [0.15, 0.2) is 0 Å². The van der Waals surface area contributed by atoms with E-state index in [1.807, 2.05) is 11.4 Å². The minimum Gasteiger partial charge on any atom is -0.305 e. The van der Waals surface area contributed by atoms with Crippen LogP contribution in [0, 0.1) is 0 Å². The van der Waals surface area contributed by atoms with Crippen LogP contribution >= 0.6 is 22.9 Å². The minimum absolute atomic E-state index is 0.180. The van der Waals surface area contributed by atoms with Gasteiger partial charge in [0.2, 0.25) is 5.91 Å². The molecule has 1 N–H and O–H groups in total. The van der Waals surface area contributed by atoms with Gasteiger partial charge in [0.05, 0.1) is 18.2 Å². The molecule has 1 aromatic carbocycles. The lowest BCUT2D eigenvalue weighted by atomic mass is 10.2. The fourth-order valence-electron chi connectivity index (χ4n) is 2.48. The summed E-state index contributed by atoms with van der Waals surface area (Å²) in [6.07, 6.45) is 1.06. The summed E-state index contributed by atoms with van der Waals surface area (Å²) in [5.41, 5.74) is 0.571. The number of imide groups is 1. The normalized spacial score (nSPS) is 18.2. The van der Waals surface area contributed by atoms with Crippen molar-refractivity contribution >= 4 is 40.4 Å². The van der Waals surface area contributed by atoms with Gasteiger partial charge in [-0.05, 0) is 42.1 Å². The zero-order valence-corrected chi connectivity index (χ0v) is 13.4. The summed E-state index contributed by atoms with van der Waals surface area (Å²) in [5, 5.41) is 5.79. The van der Waals surface area contributed by atoms with E-state index in [-0.39, 0.29) is 18.2 Å². The zero-order chi connectivity index (χ0) is 15.5. The molecular weight excluding hydrogens is 320 g/mol. The van der Waals surface area contributed by atoms with Crippen LogP contribution in [-0.4, -0.2) is 24.4 Å². The molecule has 1 aromatic heterocycles. The highest BCUT2D eigenvalue weighted by Gasteiger charge is 2.39. The highest BCUT2D eigenvalue weighted by atomic mass is 35.5. The monoisotopic (exact) mass is 334 g/mol. The number of thiophene rings is 1. The van der Waals surface area contributed by atoms with Crippen LogP contribution in [0.4, 0.5) is 5.69 Å². The van der Waals surface area contributed by atoms with E-state index in [1.165, 1.54) is 9.78 Å². The number of rotatable bonds is 5. The maximum absolute atomic E-state index is 12.4. The molecule has 0 radical (unpaired) electrons.